The zero-order valence-corrected chi connectivity index (χ0v) is 9.65. The van der Waals surface area contributed by atoms with Gasteiger partial charge in [-0.1, -0.05) is 30.3 Å². The standard InChI is InChI=1S/C13H18O3/c1-2-15-11-13(14)8-9-16-10-12-6-4-3-5-7-12/h3-7H,2,8-11H2,1H3. The van der Waals surface area contributed by atoms with Crippen molar-refractivity contribution < 1.29 is 14.3 Å². The molecule has 0 radical (unpaired) electrons. The predicted octanol–water partition coefficient (Wildman–Crippen LogP) is 2.20. The smallest absolute Gasteiger partial charge is 0.160 e. The van der Waals surface area contributed by atoms with Crippen LogP contribution in [-0.4, -0.2) is 25.6 Å². The molecule has 88 valence electrons. The van der Waals surface area contributed by atoms with Crippen molar-refractivity contribution in [1.29, 1.82) is 0 Å². The average Bonchev–Trinajstić information content (AvgIpc) is 2.33. The van der Waals surface area contributed by atoms with Crippen LogP contribution in [0.3, 0.4) is 0 Å². The van der Waals surface area contributed by atoms with Gasteiger partial charge in [-0.25, -0.2) is 0 Å². The summed E-state index contributed by atoms with van der Waals surface area (Å²) in [5, 5.41) is 0. The molecule has 0 spiro atoms. The Hall–Kier alpha value is -1.19. The molecule has 0 fully saturated rings. The molecular formula is C13H18O3. The first-order valence-corrected chi connectivity index (χ1v) is 5.54. The van der Waals surface area contributed by atoms with Gasteiger partial charge in [-0.2, -0.15) is 0 Å². The van der Waals surface area contributed by atoms with Crippen molar-refractivity contribution in [2.75, 3.05) is 19.8 Å². The summed E-state index contributed by atoms with van der Waals surface area (Å²) in [6.45, 7) is 3.67. The fourth-order valence-corrected chi connectivity index (χ4v) is 1.24. The number of Topliss-reactive ketones (excluding diaryl/α,β-unsaturated/α-hetero) is 1. The van der Waals surface area contributed by atoms with Crippen LogP contribution in [0.2, 0.25) is 0 Å². The van der Waals surface area contributed by atoms with Crippen LogP contribution in [0.4, 0.5) is 0 Å². The van der Waals surface area contributed by atoms with Gasteiger partial charge in [-0.15, -0.1) is 0 Å². The molecule has 0 unspecified atom stereocenters. The molecule has 1 aromatic rings. The van der Waals surface area contributed by atoms with E-state index in [-0.39, 0.29) is 12.4 Å². The molecular weight excluding hydrogens is 204 g/mol. The Balaban J connectivity index is 2.06. The molecule has 0 bridgehead atoms. The van der Waals surface area contributed by atoms with Crippen molar-refractivity contribution in [2.45, 2.75) is 20.0 Å². The minimum atomic E-state index is 0.0925. The summed E-state index contributed by atoms with van der Waals surface area (Å²) in [5.74, 6) is 0.0925. The van der Waals surface area contributed by atoms with Crippen molar-refractivity contribution in [3.05, 3.63) is 35.9 Å². The molecule has 16 heavy (non-hydrogen) atoms. The van der Waals surface area contributed by atoms with Gasteiger partial charge in [0.2, 0.25) is 0 Å². The molecule has 0 heterocycles. The second-order valence-electron chi connectivity index (χ2n) is 3.46. The van der Waals surface area contributed by atoms with Crippen LogP contribution in [0.5, 0.6) is 0 Å². The predicted molar refractivity (Wildman–Crippen MR) is 62.2 cm³/mol. The average molecular weight is 222 g/mol. The molecule has 0 aliphatic heterocycles. The zero-order valence-electron chi connectivity index (χ0n) is 9.65. The number of ketones is 1. The largest absolute Gasteiger partial charge is 0.376 e. The summed E-state index contributed by atoms with van der Waals surface area (Å²) >= 11 is 0. The van der Waals surface area contributed by atoms with Crippen molar-refractivity contribution in [2.24, 2.45) is 0 Å². The monoisotopic (exact) mass is 222 g/mol. The van der Waals surface area contributed by atoms with Crippen molar-refractivity contribution in [3.8, 4) is 0 Å². The van der Waals surface area contributed by atoms with Crippen LogP contribution in [0, 0.1) is 0 Å². The van der Waals surface area contributed by atoms with E-state index >= 15 is 0 Å². The van der Waals surface area contributed by atoms with Crippen molar-refractivity contribution in [1.82, 2.24) is 0 Å². The second kappa shape index (κ2) is 8.02. The molecule has 0 aliphatic rings. The molecule has 0 saturated carbocycles. The Labute approximate surface area is 96.4 Å². The fraction of sp³-hybridized carbons (Fsp3) is 0.462. The molecule has 0 amide bonds. The lowest BCUT2D eigenvalue weighted by Gasteiger charge is -2.04. The zero-order chi connectivity index (χ0) is 11.6. The second-order valence-corrected chi connectivity index (χ2v) is 3.46. The Morgan fingerprint density at radius 1 is 1.19 bits per heavy atom. The van der Waals surface area contributed by atoms with E-state index in [1.165, 1.54) is 0 Å². The van der Waals surface area contributed by atoms with Crippen LogP contribution < -0.4 is 0 Å². The first-order chi connectivity index (χ1) is 7.83. The highest BCUT2D eigenvalue weighted by Crippen LogP contribution is 2.00. The Kier molecular flexibility index (Phi) is 6.45. The fourth-order valence-electron chi connectivity index (χ4n) is 1.24. The van der Waals surface area contributed by atoms with Gasteiger partial charge in [0.25, 0.3) is 0 Å². The quantitative estimate of drug-likeness (QED) is 0.632. The maximum atomic E-state index is 11.2. The third-order valence-electron chi connectivity index (χ3n) is 2.10. The molecule has 0 atom stereocenters. The molecule has 3 nitrogen and oxygen atoms in total. The summed E-state index contributed by atoms with van der Waals surface area (Å²) in [5.41, 5.74) is 1.12. The van der Waals surface area contributed by atoms with E-state index in [1.54, 1.807) is 0 Å². The van der Waals surface area contributed by atoms with E-state index in [1.807, 2.05) is 37.3 Å². The van der Waals surface area contributed by atoms with Crippen molar-refractivity contribution >= 4 is 5.78 Å². The summed E-state index contributed by atoms with van der Waals surface area (Å²) in [6, 6.07) is 9.91. The number of hydrogen-bond acceptors (Lipinski definition) is 3. The van der Waals surface area contributed by atoms with E-state index in [0.717, 1.165) is 5.56 Å². The number of hydrogen-bond donors (Lipinski definition) is 0. The van der Waals surface area contributed by atoms with Crippen LogP contribution in [0.1, 0.15) is 18.9 Å². The van der Waals surface area contributed by atoms with E-state index in [4.69, 9.17) is 9.47 Å². The van der Waals surface area contributed by atoms with Gasteiger partial charge >= 0.3 is 0 Å². The third kappa shape index (κ3) is 5.63. The number of rotatable bonds is 8. The Morgan fingerprint density at radius 2 is 1.94 bits per heavy atom. The van der Waals surface area contributed by atoms with Gasteiger partial charge in [0.1, 0.15) is 6.61 Å². The minimum absolute atomic E-state index is 0.0925. The van der Waals surface area contributed by atoms with Gasteiger partial charge in [0, 0.05) is 13.0 Å². The lowest BCUT2D eigenvalue weighted by Crippen LogP contribution is -2.11. The third-order valence-corrected chi connectivity index (χ3v) is 2.10. The maximum absolute atomic E-state index is 11.2. The molecule has 0 aliphatic carbocycles. The lowest BCUT2D eigenvalue weighted by molar-refractivity contribution is -0.124. The minimum Gasteiger partial charge on any atom is -0.376 e. The van der Waals surface area contributed by atoms with Gasteiger partial charge in [-0.3, -0.25) is 4.79 Å². The Bertz CT molecular complexity index is 295. The number of carbonyl (C=O) groups is 1. The van der Waals surface area contributed by atoms with Gasteiger partial charge < -0.3 is 9.47 Å². The summed E-state index contributed by atoms with van der Waals surface area (Å²) < 4.78 is 10.4. The Morgan fingerprint density at radius 3 is 2.62 bits per heavy atom. The summed E-state index contributed by atoms with van der Waals surface area (Å²) in [7, 11) is 0. The molecule has 1 rings (SSSR count). The lowest BCUT2D eigenvalue weighted by atomic mass is 10.2. The summed E-state index contributed by atoms with van der Waals surface area (Å²) in [4.78, 5) is 11.2. The molecule has 1 aromatic carbocycles. The number of carbonyl (C=O) groups excluding carboxylic acids is 1. The first-order valence-electron chi connectivity index (χ1n) is 5.54. The normalized spacial score (nSPS) is 10.3. The van der Waals surface area contributed by atoms with Gasteiger partial charge in [0.15, 0.2) is 5.78 Å². The maximum Gasteiger partial charge on any atom is 0.160 e. The van der Waals surface area contributed by atoms with Gasteiger partial charge in [-0.05, 0) is 12.5 Å². The molecule has 0 saturated heterocycles. The summed E-state index contributed by atoms with van der Waals surface area (Å²) in [6.07, 6.45) is 0.423. The van der Waals surface area contributed by atoms with Gasteiger partial charge in [0.05, 0.1) is 13.2 Å². The number of ether oxygens (including phenoxy) is 2. The van der Waals surface area contributed by atoms with Crippen LogP contribution in [0.25, 0.3) is 0 Å². The molecule has 3 heteroatoms. The van der Waals surface area contributed by atoms with E-state index in [2.05, 4.69) is 0 Å². The van der Waals surface area contributed by atoms with Crippen LogP contribution in [0.15, 0.2) is 30.3 Å². The van der Waals surface area contributed by atoms with Crippen molar-refractivity contribution in [3.63, 3.8) is 0 Å². The van der Waals surface area contributed by atoms with E-state index in [0.29, 0.717) is 26.2 Å². The highest BCUT2D eigenvalue weighted by molar-refractivity contribution is 5.79. The SMILES string of the molecule is CCOCC(=O)CCOCc1ccccc1. The highest BCUT2D eigenvalue weighted by Gasteiger charge is 2.01. The number of benzene rings is 1. The highest BCUT2D eigenvalue weighted by atomic mass is 16.5. The molecule has 0 aromatic heterocycles. The first kappa shape index (κ1) is 12.9. The van der Waals surface area contributed by atoms with Crippen LogP contribution in [-0.2, 0) is 20.9 Å². The van der Waals surface area contributed by atoms with Crippen LogP contribution >= 0.6 is 0 Å². The van der Waals surface area contributed by atoms with E-state index < -0.39 is 0 Å². The molecule has 0 N–H and O–H groups in total. The topological polar surface area (TPSA) is 35.5 Å². The van der Waals surface area contributed by atoms with E-state index in [9.17, 15) is 4.79 Å².